The summed E-state index contributed by atoms with van der Waals surface area (Å²) < 4.78 is 10.6. The van der Waals surface area contributed by atoms with E-state index >= 15 is 0 Å². The Morgan fingerprint density at radius 2 is 1.76 bits per heavy atom. The van der Waals surface area contributed by atoms with Gasteiger partial charge >= 0.3 is 0 Å². The van der Waals surface area contributed by atoms with Gasteiger partial charge in [0.2, 0.25) is 6.41 Å². The van der Waals surface area contributed by atoms with Crippen LogP contribution >= 0.6 is 0 Å². The van der Waals surface area contributed by atoms with Crippen LogP contribution in [0.25, 0.3) is 0 Å². The number of ether oxygens (including phenoxy) is 2. The molecular weight excluding hydrogens is 474 g/mol. The first-order valence-corrected chi connectivity index (χ1v) is 12.0. The van der Waals surface area contributed by atoms with Crippen molar-refractivity contribution in [2.45, 2.75) is 66.5 Å². The smallest absolute Gasteiger partial charge is 0.209 e. The molecule has 1 aliphatic rings. The van der Waals surface area contributed by atoms with Crippen molar-refractivity contribution in [3.8, 4) is 11.5 Å². The highest BCUT2D eigenvalue weighted by atomic mass is 16.5. The number of aliphatic hydroxyl groups excluding tert-OH is 1. The molecule has 0 saturated heterocycles. The lowest BCUT2D eigenvalue weighted by molar-refractivity contribution is -0.117. The van der Waals surface area contributed by atoms with Crippen LogP contribution in [0, 0.1) is 0 Å². The molecule has 2 rings (SSSR count). The number of nitrogens with one attached hydrogen (secondary N) is 1. The first-order chi connectivity index (χ1) is 17.2. The Morgan fingerprint density at radius 3 is 2.03 bits per heavy atom. The Hall–Kier alpha value is -3.46. The minimum absolute atomic E-state index is 0.0876. The molecule has 0 aromatic heterocycles. The van der Waals surface area contributed by atoms with Crippen LogP contribution in [0.1, 0.15) is 66.5 Å². The van der Waals surface area contributed by atoms with E-state index in [0.29, 0.717) is 23.7 Å². The first-order valence-electron chi connectivity index (χ1n) is 12.0. The van der Waals surface area contributed by atoms with Gasteiger partial charge in [0.25, 0.3) is 0 Å². The molecule has 210 valence electrons. The summed E-state index contributed by atoms with van der Waals surface area (Å²) in [5.74, 6) is 1.85. The zero-order valence-electron chi connectivity index (χ0n) is 24.1. The van der Waals surface area contributed by atoms with Crippen molar-refractivity contribution < 1.29 is 29.3 Å². The molecule has 9 nitrogen and oxygen atoms in total. The van der Waals surface area contributed by atoms with Gasteiger partial charge in [-0.25, -0.2) is 0 Å². The average Bonchev–Trinajstić information content (AvgIpc) is 2.85. The van der Waals surface area contributed by atoms with Crippen LogP contribution in [0.3, 0.4) is 0 Å². The number of carbonyl (C=O) groups is 2. The van der Waals surface area contributed by atoms with E-state index < -0.39 is 11.6 Å². The van der Waals surface area contributed by atoms with Crippen molar-refractivity contribution >= 4 is 12.2 Å². The fraction of sp³-hybridized carbons (Fsp3) is 0.500. The molecule has 1 aromatic carbocycles. The lowest BCUT2D eigenvalue weighted by atomic mass is 9.89. The molecule has 1 unspecified atom stereocenters. The maximum atomic E-state index is 11.1. The average molecular weight is 522 g/mol. The van der Waals surface area contributed by atoms with Crippen LogP contribution in [-0.2, 0) is 9.59 Å². The minimum atomic E-state index is -1.04. The predicted octanol–water partition coefficient (Wildman–Crippen LogP) is 4.39. The quantitative estimate of drug-likeness (QED) is 0.292. The van der Waals surface area contributed by atoms with Crippen LogP contribution in [0.5, 0.6) is 11.5 Å². The number of hydrogen-bond donors (Lipinski definition) is 4. The van der Waals surface area contributed by atoms with Gasteiger partial charge in [0.1, 0.15) is 11.5 Å². The molecule has 0 fully saturated rings. The highest BCUT2D eigenvalue weighted by Crippen LogP contribution is 2.36. The van der Waals surface area contributed by atoms with E-state index in [1.54, 1.807) is 71.2 Å². The topological polar surface area (TPSA) is 134 Å². The fourth-order valence-electron chi connectivity index (χ4n) is 2.41. The first kappa shape index (κ1) is 35.7. The van der Waals surface area contributed by atoms with E-state index in [1.165, 1.54) is 6.20 Å². The van der Waals surface area contributed by atoms with Crippen LogP contribution in [0.4, 0.5) is 0 Å². The lowest BCUT2D eigenvalue weighted by Gasteiger charge is -2.34. The monoisotopic (exact) mass is 521 g/mol. The third-order valence-electron chi connectivity index (χ3n) is 5.08. The molecule has 0 aliphatic heterocycles. The molecule has 1 aliphatic carbocycles. The minimum Gasteiger partial charge on any atom is -0.513 e. The summed E-state index contributed by atoms with van der Waals surface area (Å²) >= 11 is 0. The van der Waals surface area contributed by atoms with Crippen LogP contribution in [0.2, 0.25) is 0 Å². The second-order valence-electron chi connectivity index (χ2n) is 8.94. The second kappa shape index (κ2) is 18.8. The summed E-state index contributed by atoms with van der Waals surface area (Å²) in [6.45, 7) is 13.4. The summed E-state index contributed by atoms with van der Waals surface area (Å²) in [6, 6.07) is 5.02. The summed E-state index contributed by atoms with van der Waals surface area (Å²) in [5.41, 5.74) is 6.38. The molecule has 0 bridgehead atoms. The number of amides is 1. The number of nitrogens with two attached hydrogens (primary N) is 1. The number of nitrogens with zero attached hydrogens (tertiary/aromatic N) is 1. The molecule has 9 heteroatoms. The van der Waals surface area contributed by atoms with E-state index in [0.717, 1.165) is 29.8 Å². The maximum absolute atomic E-state index is 11.1. The molecule has 1 atom stereocenters. The highest BCUT2D eigenvalue weighted by molar-refractivity contribution is 5.98. The Labute approximate surface area is 222 Å². The number of rotatable bonds is 8. The van der Waals surface area contributed by atoms with Crippen LogP contribution in [0.15, 0.2) is 53.6 Å². The highest BCUT2D eigenvalue weighted by Gasteiger charge is 2.33. The zero-order valence-corrected chi connectivity index (χ0v) is 24.1. The number of methoxy groups -OCH3 is 2. The molecule has 0 saturated carbocycles. The summed E-state index contributed by atoms with van der Waals surface area (Å²) in [5, 5.41) is 22.2. The molecule has 37 heavy (non-hydrogen) atoms. The van der Waals surface area contributed by atoms with Crippen LogP contribution < -0.4 is 20.5 Å². The van der Waals surface area contributed by atoms with Gasteiger partial charge in [-0.2, -0.15) is 0 Å². The lowest BCUT2D eigenvalue weighted by Crippen LogP contribution is -2.41. The second-order valence-corrected chi connectivity index (χ2v) is 8.94. The Bertz CT molecular complexity index is 895. The van der Waals surface area contributed by atoms with Crippen molar-refractivity contribution in [1.82, 2.24) is 10.2 Å². The largest absolute Gasteiger partial charge is 0.513 e. The molecule has 0 heterocycles. The van der Waals surface area contributed by atoms with E-state index in [2.05, 4.69) is 5.32 Å². The third-order valence-corrected chi connectivity index (χ3v) is 5.08. The SMILES string of the molecule is C/C=C/N.CC(C)=C(C)O.CCN(C)C=O.COc1ccc(OC)c(C(NC2=CC(=O)C2)C(C)(C)O)c1. The van der Waals surface area contributed by atoms with E-state index in [1.807, 2.05) is 33.8 Å². The van der Waals surface area contributed by atoms with Gasteiger partial charge in [-0.15, -0.1) is 0 Å². The van der Waals surface area contributed by atoms with Gasteiger partial charge in [0.05, 0.1) is 38.0 Å². The Kier molecular flexibility index (Phi) is 18.1. The maximum Gasteiger partial charge on any atom is 0.209 e. The van der Waals surface area contributed by atoms with Crippen molar-refractivity contribution in [2.75, 3.05) is 27.8 Å². The summed E-state index contributed by atoms with van der Waals surface area (Å²) in [7, 11) is 4.91. The Morgan fingerprint density at radius 1 is 1.24 bits per heavy atom. The predicted molar refractivity (Wildman–Crippen MR) is 149 cm³/mol. The summed E-state index contributed by atoms with van der Waals surface area (Å²) in [4.78, 5) is 22.3. The van der Waals surface area contributed by atoms with Gasteiger partial charge in [-0.1, -0.05) is 6.08 Å². The number of aliphatic hydroxyl groups is 2. The van der Waals surface area contributed by atoms with Crippen molar-refractivity contribution in [1.29, 1.82) is 0 Å². The molecular formula is C28H47N3O6. The molecule has 1 amide bonds. The van der Waals surface area contributed by atoms with Gasteiger partial charge in [-0.3, -0.25) is 9.59 Å². The zero-order chi connectivity index (χ0) is 29.2. The number of hydrogen-bond acceptors (Lipinski definition) is 8. The van der Waals surface area contributed by atoms with Crippen molar-refractivity contribution in [3.63, 3.8) is 0 Å². The number of ketones is 1. The van der Waals surface area contributed by atoms with Crippen molar-refractivity contribution in [3.05, 3.63) is 59.1 Å². The third kappa shape index (κ3) is 15.3. The van der Waals surface area contributed by atoms with Gasteiger partial charge in [0, 0.05) is 30.9 Å². The number of benzene rings is 1. The molecule has 1 aromatic rings. The van der Waals surface area contributed by atoms with Crippen molar-refractivity contribution in [2.24, 2.45) is 5.73 Å². The number of allylic oxidation sites excluding steroid dienone is 5. The molecule has 0 radical (unpaired) electrons. The molecule has 0 spiro atoms. The van der Waals surface area contributed by atoms with E-state index in [-0.39, 0.29) is 5.78 Å². The standard InChI is InChI=1S/C16H21NO4.C5H10O.C4H9NO.C3H7N/c1-16(2,19)15(17-10-7-11(18)8-10)13-9-12(20-3)5-6-14(13)21-4;1-4(2)5(3)6;1-3-5(2)4-6;1-2-3-4/h5-7,9,15,17,19H,8H2,1-4H3;6H,1-3H3;4H,3H2,1-2H3;2-3H,4H2,1H3/b;;;3-2+. The van der Waals surface area contributed by atoms with Gasteiger partial charge < -0.3 is 35.6 Å². The number of carbonyl (C=O) groups excluding carboxylic acids is 2. The molecule has 5 N–H and O–H groups in total. The van der Waals surface area contributed by atoms with Gasteiger partial charge in [-0.05, 0) is 78.4 Å². The van der Waals surface area contributed by atoms with Gasteiger partial charge in [0.15, 0.2) is 5.78 Å². The fourth-order valence-corrected chi connectivity index (χ4v) is 2.41. The Balaban J connectivity index is 0. The van der Waals surface area contributed by atoms with E-state index in [9.17, 15) is 14.7 Å². The summed E-state index contributed by atoms with van der Waals surface area (Å²) in [6.07, 6.45) is 6.00. The normalized spacial score (nSPS) is 12.5. The van der Waals surface area contributed by atoms with Crippen LogP contribution in [-0.4, -0.2) is 60.7 Å². The van der Waals surface area contributed by atoms with E-state index in [4.69, 9.17) is 20.3 Å².